The van der Waals surface area contributed by atoms with Crippen molar-refractivity contribution in [3.8, 4) is 0 Å². The first-order valence-electron chi connectivity index (χ1n) is 6.74. The summed E-state index contributed by atoms with van der Waals surface area (Å²) in [5.41, 5.74) is -0.818. The first kappa shape index (κ1) is 17.1. The average molecular weight is 327 g/mol. The number of ether oxygens (including phenoxy) is 2. The summed E-state index contributed by atoms with van der Waals surface area (Å²) in [6.07, 6.45) is -3.11. The predicted octanol–water partition coefficient (Wildman–Crippen LogP) is -1.41. The van der Waals surface area contributed by atoms with Gasteiger partial charge in [0.2, 0.25) is 0 Å². The zero-order valence-corrected chi connectivity index (χ0v) is 12.0. The quantitative estimate of drug-likeness (QED) is 0.483. The average Bonchev–Trinajstić information content (AvgIpc) is 2.81. The first-order chi connectivity index (χ1) is 11.0. The summed E-state index contributed by atoms with van der Waals surface area (Å²) in [6.45, 7) is 2.88. The Morgan fingerprint density at radius 1 is 1.52 bits per heavy atom. The van der Waals surface area contributed by atoms with Crippen molar-refractivity contribution >= 4 is 11.9 Å². The van der Waals surface area contributed by atoms with E-state index in [1.54, 1.807) is 0 Å². The molecule has 1 aliphatic heterocycles. The van der Waals surface area contributed by atoms with Crippen molar-refractivity contribution in [2.75, 3.05) is 18.5 Å². The van der Waals surface area contributed by atoms with Gasteiger partial charge < -0.3 is 24.8 Å². The Kier molecular flexibility index (Phi) is 5.45. The highest BCUT2D eigenvalue weighted by Crippen LogP contribution is 2.28. The van der Waals surface area contributed by atoms with Gasteiger partial charge in [0.1, 0.15) is 30.7 Å². The number of aliphatic hydroxyl groups excluding tert-OH is 3. The third-order valence-electron chi connectivity index (χ3n) is 3.18. The molecule has 0 aromatic carbocycles. The Hall–Kier alpha value is -2.27. The van der Waals surface area contributed by atoms with E-state index < -0.39 is 42.9 Å². The zero-order valence-electron chi connectivity index (χ0n) is 12.0. The lowest BCUT2D eigenvalue weighted by atomic mass is 10.1. The van der Waals surface area contributed by atoms with Gasteiger partial charge in [-0.1, -0.05) is 12.7 Å². The molecule has 1 amide bonds. The van der Waals surface area contributed by atoms with Crippen LogP contribution in [-0.2, 0) is 9.47 Å². The van der Waals surface area contributed by atoms with Crippen LogP contribution in [0.5, 0.6) is 0 Å². The smallest absolute Gasteiger partial charge is 0.413 e. The highest BCUT2D eigenvalue weighted by atomic mass is 16.6. The van der Waals surface area contributed by atoms with Gasteiger partial charge in [-0.05, 0) is 6.07 Å². The lowest BCUT2D eigenvalue weighted by Crippen LogP contribution is -2.36. The molecule has 1 aliphatic rings. The molecule has 1 saturated heterocycles. The maximum absolute atomic E-state index is 12.0. The normalized spacial score (nSPS) is 26.7. The summed E-state index contributed by atoms with van der Waals surface area (Å²) in [6, 6.07) is 1.30. The van der Waals surface area contributed by atoms with E-state index in [0.717, 1.165) is 4.57 Å². The number of anilines is 1. The molecule has 2 heterocycles. The van der Waals surface area contributed by atoms with Gasteiger partial charge in [-0.15, -0.1) is 0 Å². The molecule has 0 bridgehead atoms. The zero-order chi connectivity index (χ0) is 17.0. The molecule has 0 unspecified atom stereocenters. The number of carbonyl (C=O) groups is 1. The minimum atomic E-state index is -1.40. The van der Waals surface area contributed by atoms with E-state index in [0.29, 0.717) is 0 Å². The second kappa shape index (κ2) is 7.33. The van der Waals surface area contributed by atoms with Gasteiger partial charge in [0.25, 0.3) is 0 Å². The van der Waals surface area contributed by atoms with Crippen LogP contribution in [0.25, 0.3) is 0 Å². The van der Waals surface area contributed by atoms with Gasteiger partial charge in [0.15, 0.2) is 6.23 Å². The number of nitrogens with zero attached hydrogens (tertiary/aromatic N) is 2. The van der Waals surface area contributed by atoms with E-state index in [2.05, 4.69) is 21.6 Å². The van der Waals surface area contributed by atoms with Crippen LogP contribution in [0, 0.1) is 0 Å². The number of rotatable bonds is 5. The van der Waals surface area contributed by atoms with Crippen molar-refractivity contribution in [3.63, 3.8) is 0 Å². The standard InChI is InChI=1S/C13H17N3O7/c1-2-5-22-13(21)15-8-3-4-16(12(20)14-8)11-10(19)9(18)7(6-17)23-11/h2-4,7,9-11,17-19H,1,5-6H2,(H,14,15,20,21)/t7-,9-,10-,11-/m1/s1. The lowest BCUT2D eigenvalue weighted by Gasteiger charge is -2.17. The van der Waals surface area contributed by atoms with E-state index in [4.69, 9.17) is 9.84 Å². The number of amides is 1. The maximum Gasteiger partial charge on any atom is 0.413 e. The molecule has 23 heavy (non-hydrogen) atoms. The number of aromatic nitrogens is 2. The molecule has 0 radical (unpaired) electrons. The number of hydrogen-bond acceptors (Lipinski definition) is 8. The molecule has 1 fully saturated rings. The van der Waals surface area contributed by atoms with Crippen LogP contribution in [0.4, 0.5) is 10.6 Å². The van der Waals surface area contributed by atoms with Crippen molar-refractivity contribution in [2.24, 2.45) is 0 Å². The van der Waals surface area contributed by atoms with Gasteiger partial charge in [-0.25, -0.2) is 9.59 Å². The SMILES string of the molecule is C=CCOC(=O)Nc1ccn([C@@H]2O[C@H](CO)[C@@H](O)[C@H]2O)c(=O)n1. The Labute approximate surface area is 130 Å². The van der Waals surface area contributed by atoms with Crippen LogP contribution in [0.3, 0.4) is 0 Å². The van der Waals surface area contributed by atoms with E-state index in [-0.39, 0.29) is 12.4 Å². The molecule has 126 valence electrons. The fourth-order valence-corrected chi connectivity index (χ4v) is 2.06. The van der Waals surface area contributed by atoms with Crippen LogP contribution in [-0.4, -0.2) is 62.5 Å². The second-order valence-corrected chi connectivity index (χ2v) is 4.74. The third-order valence-corrected chi connectivity index (χ3v) is 3.18. The minimum absolute atomic E-state index is 0.00540. The fraction of sp³-hybridized carbons (Fsp3) is 0.462. The van der Waals surface area contributed by atoms with Crippen molar-refractivity contribution < 1.29 is 29.6 Å². The monoisotopic (exact) mass is 327 g/mol. The molecule has 0 aliphatic carbocycles. The van der Waals surface area contributed by atoms with E-state index in [9.17, 15) is 19.8 Å². The van der Waals surface area contributed by atoms with Gasteiger partial charge in [0, 0.05) is 6.20 Å². The summed E-state index contributed by atoms with van der Waals surface area (Å²) in [4.78, 5) is 26.9. The van der Waals surface area contributed by atoms with Crippen molar-refractivity contribution in [2.45, 2.75) is 24.5 Å². The summed E-state index contributed by atoms with van der Waals surface area (Å²) < 4.78 is 10.9. The van der Waals surface area contributed by atoms with Gasteiger partial charge >= 0.3 is 11.8 Å². The summed E-state index contributed by atoms with van der Waals surface area (Å²) in [7, 11) is 0. The van der Waals surface area contributed by atoms with Crippen molar-refractivity contribution in [1.29, 1.82) is 0 Å². The Morgan fingerprint density at radius 2 is 2.26 bits per heavy atom. The van der Waals surface area contributed by atoms with Gasteiger partial charge in [0.05, 0.1) is 6.61 Å². The van der Waals surface area contributed by atoms with Crippen LogP contribution >= 0.6 is 0 Å². The third kappa shape index (κ3) is 3.74. The molecule has 0 saturated carbocycles. The summed E-state index contributed by atoms with van der Waals surface area (Å²) >= 11 is 0. The molecule has 1 aromatic rings. The van der Waals surface area contributed by atoms with Gasteiger partial charge in [-0.3, -0.25) is 9.88 Å². The molecule has 10 nitrogen and oxygen atoms in total. The van der Waals surface area contributed by atoms with Crippen LogP contribution in [0.2, 0.25) is 0 Å². The molecular formula is C13H17N3O7. The van der Waals surface area contributed by atoms with Crippen LogP contribution < -0.4 is 11.0 Å². The number of nitrogens with one attached hydrogen (secondary N) is 1. The minimum Gasteiger partial charge on any atom is -0.445 e. The Balaban J connectivity index is 2.12. The Morgan fingerprint density at radius 3 is 2.83 bits per heavy atom. The molecule has 2 rings (SSSR count). The van der Waals surface area contributed by atoms with E-state index in [1.165, 1.54) is 18.3 Å². The van der Waals surface area contributed by atoms with E-state index >= 15 is 0 Å². The Bertz CT molecular complexity index is 632. The second-order valence-electron chi connectivity index (χ2n) is 4.74. The summed E-state index contributed by atoms with van der Waals surface area (Å²) in [5, 5.41) is 30.8. The molecular weight excluding hydrogens is 310 g/mol. The molecule has 10 heteroatoms. The topological polar surface area (TPSA) is 143 Å². The number of carbonyl (C=O) groups excluding carboxylic acids is 1. The highest BCUT2D eigenvalue weighted by Gasteiger charge is 2.43. The van der Waals surface area contributed by atoms with Gasteiger partial charge in [-0.2, -0.15) is 4.98 Å². The highest BCUT2D eigenvalue weighted by molar-refractivity contribution is 5.83. The number of aliphatic hydroxyl groups is 3. The van der Waals surface area contributed by atoms with Crippen molar-refractivity contribution in [1.82, 2.24) is 9.55 Å². The number of hydrogen-bond donors (Lipinski definition) is 4. The predicted molar refractivity (Wildman–Crippen MR) is 76.7 cm³/mol. The van der Waals surface area contributed by atoms with Crippen LogP contribution in [0.1, 0.15) is 6.23 Å². The fourth-order valence-electron chi connectivity index (χ4n) is 2.06. The summed E-state index contributed by atoms with van der Waals surface area (Å²) in [5.74, 6) is -0.0490. The maximum atomic E-state index is 12.0. The van der Waals surface area contributed by atoms with E-state index in [1.807, 2.05) is 0 Å². The molecule has 4 N–H and O–H groups in total. The molecule has 0 spiro atoms. The molecule has 4 atom stereocenters. The largest absolute Gasteiger partial charge is 0.445 e. The lowest BCUT2D eigenvalue weighted by molar-refractivity contribution is -0.0549. The molecule has 1 aromatic heterocycles. The van der Waals surface area contributed by atoms with Crippen LogP contribution in [0.15, 0.2) is 29.7 Å². The first-order valence-corrected chi connectivity index (χ1v) is 6.74. The van der Waals surface area contributed by atoms with Crippen molar-refractivity contribution in [3.05, 3.63) is 35.4 Å².